The molecule has 0 bridgehead atoms. The molecule has 1 heterocycles. The Kier molecular flexibility index (Phi) is 5.83. The molecule has 3 rings (SSSR count). The summed E-state index contributed by atoms with van der Waals surface area (Å²) in [5, 5.41) is 7.83. The van der Waals surface area contributed by atoms with Crippen LogP contribution in [0.2, 0.25) is 0 Å². The summed E-state index contributed by atoms with van der Waals surface area (Å²) >= 11 is 1.02. The molecule has 152 valence electrons. The Morgan fingerprint density at radius 1 is 1.17 bits per heavy atom. The molecule has 0 fully saturated rings. The van der Waals surface area contributed by atoms with Gasteiger partial charge in [-0.2, -0.15) is 13.2 Å². The number of primary amides is 1. The van der Waals surface area contributed by atoms with Crippen molar-refractivity contribution in [2.75, 3.05) is 7.11 Å². The van der Waals surface area contributed by atoms with Gasteiger partial charge < -0.3 is 10.5 Å². The second-order valence-corrected chi connectivity index (χ2v) is 7.39. The van der Waals surface area contributed by atoms with Gasteiger partial charge in [0.15, 0.2) is 11.0 Å². The van der Waals surface area contributed by atoms with Crippen LogP contribution in [0.25, 0.3) is 17.1 Å². The van der Waals surface area contributed by atoms with Crippen molar-refractivity contribution in [1.82, 2.24) is 14.8 Å². The molecule has 29 heavy (non-hydrogen) atoms. The van der Waals surface area contributed by atoms with Gasteiger partial charge in [-0.05, 0) is 49.4 Å². The standard InChI is InChI=1S/C19H17F3N4O2S/c1-11(16(23)27)29-18-25-24-17(12-6-8-15(28-2)9-7-12)26(18)14-5-3-4-13(10-14)19(20,21)22/h3-11H,1-2H3,(H2,23,27)/t11-/m1/s1. The Labute approximate surface area is 168 Å². The largest absolute Gasteiger partial charge is 0.497 e. The number of benzene rings is 2. The Hall–Kier alpha value is -3.01. The summed E-state index contributed by atoms with van der Waals surface area (Å²) < 4.78 is 46.2. The Morgan fingerprint density at radius 2 is 1.86 bits per heavy atom. The first-order valence-corrected chi connectivity index (χ1v) is 9.32. The minimum Gasteiger partial charge on any atom is -0.497 e. The predicted octanol–water partition coefficient (Wildman–Crippen LogP) is 3.93. The van der Waals surface area contributed by atoms with Crippen molar-refractivity contribution < 1.29 is 22.7 Å². The monoisotopic (exact) mass is 422 g/mol. The van der Waals surface area contributed by atoms with Crippen molar-refractivity contribution >= 4 is 17.7 Å². The van der Waals surface area contributed by atoms with E-state index in [2.05, 4.69) is 10.2 Å². The Morgan fingerprint density at radius 3 is 2.45 bits per heavy atom. The summed E-state index contributed by atoms with van der Waals surface area (Å²) in [6.07, 6.45) is -4.50. The molecule has 0 unspecified atom stereocenters. The first-order chi connectivity index (χ1) is 13.7. The number of rotatable bonds is 6. The molecule has 1 amide bonds. The van der Waals surface area contributed by atoms with Gasteiger partial charge in [0.25, 0.3) is 0 Å². The SMILES string of the molecule is COc1ccc(-c2nnc(S[C@H](C)C(N)=O)n2-c2cccc(C(F)(F)F)c2)cc1. The fraction of sp³-hybridized carbons (Fsp3) is 0.211. The molecule has 0 aliphatic rings. The zero-order valence-electron chi connectivity index (χ0n) is 15.5. The maximum absolute atomic E-state index is 13.2. The van der Waals surface area contributed by atoms with Crippen LogP contribution in [0.5, 0.6) is 5.75 Å². The number of aromatic nitrogens is 3. The number of amides is 1. The van der Waals surface area contributed by atoms with Crippen molar-refractivity contribution in [1.29, 1.82) is 0 Å². The summed E-state index contributed by atoms with van der Waals surface area (Å²) in [4.78, 5) is 11.5. The van der Waals surface area contributed by atoms with Gasteiger partial charge in [0.1, 0.15) is 5.75 Å². The van der Waals surface area contributed by atoms with Gasteiger partial charge in [-0.25, -0.2) is 0 Å². The normalized spacial score (nSPS) is 12.6. The molecule has 0 saturated carbocycles. The number of nitrogens with two attached hydrogens (primary N) is 1. The van der Waals surface area contributed by atoms with Gasteiger partial charge in [0, 0.05) is 5.56 Å². The molecule has 0 saturated heterocycles. The highest BCUT2D eigenvalue weighted by molar-refractivity contribution is 8.00. The highest BCUT2D eigenvalue weighted by Crippen LogP contribution is 2.34. The highest BCUT2D eigenvalue weighted by atomic mass is 32.2. The molecule has 10 heteroatoms. The van der Waals surface area contributed by atoms with E-state index in [0.717, 1.165) is 23.9 Å². The maximum Gasteiger partial charge on any atom is 0.416 e. The van der Waals surface area contributed by atoms with Gasteiger partial charge in [-0.3, -0.25) is 9.36 Å². The van der Waals surface area contributed by atoms with Gasteiger partial charge >= 0.3 is 6.18 Å². The molecule has 2 N–H and O–H groups in total. The molecular formula is C19H17F3N4O2S. The third kappa shape index (κ3) is 4.53. The van der Waals surface area contributed by atoms with Crippen LogP contribution in [-0.4, -0.2) is 33.0 Å². The molecule has 6 nitrogen and oxygen atoms in total. The number of carbonyl (C=O) groups is 1. The molecule has 2 aromatic carbocycles. The Bertz CT molecular complexity index is 1020. The topological polar surface area (TPSA) is 83.0 Å². The smallest absolute Gasteiger partial charge is 0.416 e. The van der Waals surface area contributed by atoms with Gasteiger partial charge in [0.05, 0.1) is 23.6 Å². The number of carbonyl (C=O) groups excluding carboxylic acids is 1. The van der Waals surface area contributed by atoms with Crippen LogP contribution < -0.4 is 10.5 Å². The molecular weight excluding hydrogens is 405 g/mol. The summed E-state index contributed by atoms with van der Waals surface area (Å²) in [6, 6.07) is 11.7. The quantitative estimate of drug-likeness (QED) is 0.609. The van der Waals surface area contributed by atoms with E-state index >= 15 is 0 Å². The average Bonchev–Trinajstić information content (AvgIpc) is 3.11. The summed E-state index contributed by atoms with van der Waals surface area (Å²) in [7, 11) is 1.53. The molecule has 0 aliphatic carbocycles. The van der Waals surface area contributed by atoms with Crippen molar-refractivity contribution in [3.63, 3.8) is 0 Å². The van der Waals surface area contributed by atoms with Crippen LogP contribution in [0.15, 0.2) is 53.7 Å². The predicted molar refractivity (Wildman–Crippen MR) is 103 cm³/mol. The van der Waals surface area contributed by atoms with Gasteiger partial charge in [0.2, 0.25) is 5.91 Å². The van der Waals surface area contributed by atoms with E-state index in [9.17, 15) is 18.0 Å². The second-order valence-electron chi connectivity index (χ2n) is 6.08. The minimum atomic E-state index is -4.50. The first kappa shape index (κ1) is 20.7. The van der Waals surface area contributed by atoms with Crippen LogP contribution in [0.1, 0.15) is 12.5 Å². The van der Waals surface area contributed by atoms with E-state index < -0.39 is 22.9 Å². The number of nitrogens with zero attached hydrogens (tertiary/aromatic N) is 3. The van der Waals surface area contributed by atoms with Crippen LogP contribution in [-0.2, 0) is 11.0 Å². The minimum absolute atomic E-state index is 0.217. The number of alkyl halides is 3. The lowest BCUT2D eigenvalue weighted by Gasteiger charge is -2.14. The average molecular weight is 422 g/mol. The number of ether oxygens (including phenoxy) is 1. The number of methoxy groups -OCH3 is 1. The van der Waals surface area contributed by atoms with Crippen molar-refractivity contribution in [3.8, 4) is 22.8 Å². The van der Waals surface area contributed by atoms with Crippen LogP contribution >= 0.6 is 11.8 Å². The zero-order chi connectivity index (χ0) is 21.2. The highest BCUT2D eigenvalue weighted by Gasteiger charge is 2.31. The fourth-order valence-corrected chi connectivity index (χ4v) is 3.36. The van der Waals surface area contributed by atoms with Gasteiger partial charge in [-0.15, -0.1) is 10.2 Å². The molecule has 3 aromatic rings. The van der Waals surface area contributed by atoms with E-state index in [1.54, 1.807) is 31.2 Å². The van der Waals surface area contributed by atoms with E-state index in [-0.39, 0.29) is 10.8 Å². The van der Waals surface area contributed by atoms with E-state index in [1.807, 2.05) is 0 Å². The van der Waals surface area contributed by atoms with Crippen LogP contribution in [0.4, 0.5) is 13.2 Å². The molecule has 0 aliphatic heterocycles. The first-order valence-electron chi connectivity index (χ1n) is 8.44. The maximum atomic E-state index is 13.2. The van der Waals surface area contributed by atoms with Crippen LogP contribution in [0.3, 0.4) is 0 Å². The number of hydrogen-bond acceptors (Lipinski definition) is 5. The molecule has 0 spiro atoms. The van der Waals surface area contributed by atoms with Crippen molar-refractivity contribution in [2.45, 2.75) is 23.5 Å². The number of hydrogen-bond donors (Lipinski definition) is 1. The van der Waals surface area contributed by atoms with Gasteiger partial charge in [-0.1, -0.05) is 17.8 Å². The lowest BCUT2D eigenvalue weighted by atomic mass is 10.1. The van der Waals surface area contributed by atoms with E-state index in [0.29, 0.717) is 17.1 Å². The summed E-state index contributed by atoms with van der Waals surface area (Å²) in [5.41, 5.74) is 5.36. The van der Waals surface area contributed by atoms with Crippen molar-refractivity contribution in [3.05, 3.63) is 54.1 Å². The van der Waals surface area contributed by atoms with Crippen molar-refractivity contribution in [2.24, 2.45) is 5.73 Å². The third-order valence-corrected chi connectivity index (χ3v) is 5.16. The molecule has 1 aromatic heterocycles. The third-order valence-electron chi connectivity index (χ3n) is 4.10. The zero-order valence-corrected chi connectivity index (χ0v) is 16.3. The number of thioether (sulfide) groups is 1. The molecule has 1 atom stereocenters. The lowest BCUT2D eigenvalue weighted by molar-refractivity contribution is -0.137. The Balaban J connectivity index is 2.15. The van der Waals surface area contributed by atoms with E-state index in [4.69, 9.17) is 10.5 Å². The summed E-state index contributed by atoms with van der Waals surface area (Å²) in [5.74, 6) is 0.376. The summed E-state index contributed by atoms with van der Waals surface area (Å²) in [6.45, 7) is 1.59. The van der Waals surface area contributed by atoms with E-state index in [1.165, 1.54) is 23.8 Å². The second kappa shape index (κ2) is 8.16. The molecule has 0 radical (unpaired) electrons. The van der Waals surface area contributed by atoms with Crippen LogP contribution in [0, 0.1) is 0 Å². The fourth-order valence-electron chi connectivity index (χ4n) is 2.54. The lowest BCUT2D eigenvalue weighted by Crippen LogP contribution is -2.23. The number of halogens is 3.